The molecule has 0 radical (unpaired) electrons. The molecule has 0 bridgehead atoms. The van der Waals surface area contributed by atoms with Gasteiger partial charge in [0.05, 0.1) is 0 Å². The Balaban J connectivity index is 1.86. The second-order valence-corrected chi connectivity index (χ2v) is 5.86. The van der Waals surface area contributed by atoms with E-state index < -0.39 is 12.1 Å². The maximum atomic E-state index is 12.1. The Morgan fingerprint density at radius 3 is 2.32 bits per heavy atom. The molecule has 2 rings (SSSR count). The first-order valence-electron chi connectivity index (χ1n) is 8.33. The van der Waals surface area contributed by atoms with Crippen LogP contribution >= 0.6 is 0 Å². The average Bonchev–Trinajstić information content (AvgIpc) is 2.61. The molecule has 0 saturated heterocycles. The zero-order valence-electron chi connectivity index (χ0n) is 14.8. The number of carbonyl (C=O) groups excluding carboxylic acids is 2. The maximum Gasteiger partial charge on any atom is 0.331 e. The summed E-state index contributed by atoms with van der Waals surface area (Å²) in [5.41, 5.74) is 3.92. The Hall–Kier alpha value is -2.88. The predicted octanol–water partition coefficient (Wildman–Crippen LogP) is 4.14. The van der Waals surface area contributed by atoms with Crippen LogP contribution in [-0.2, 0) is 20.7 Å². The molecule has 2 aromatic carbocycles. The number of benzene rings is 2. The molecule has 0 aromatic heterocycles. The summed E-state index contributed by atoms with van der Waals surface area (Å²) < 4.78 is 5.14. The Morgan fingerprint density at radius 1 is 1.08 bits per heavy atom. The van der Waals surface area contributed by atoms with Crippen LogP contribution in [0.15, 0.2) is 54.6 Å². The van der Waals surface area contributed by atoms with Crippen LogP contribution in [0.25, 0.3) is 6.08 Å². The van der Waals surface area contributed by atoms with Crippen molar-refractivity contribution >= 4 is 23.6 Å². The number of carbonyl (C=O) groups is 2. The molecule has 4 nitrogen and oxygen atoms in total. The number of aryl methyl sites for hydroxylation is 2. The van der Waals surface area contributed by atoms with Gasteiger partial charge in [-0.1, -0.05) is 48.9 Å². The fourth-order valence-electron chi connectivity index (χ4n) is 2.18. The summed E-state index contributed by atoms with van der Waals surface area (Å²) in [6.45, 7) is 5.62. The Bertz CT molecular complexity index is 746. The number of amides is 1. The average molecular weight is 337 g/mol. The molecule has 0 fully saturated rings. The number of hydrogen-bond donors (Lipinski definition) is 1. The number of hydrogen-bond acceptors (Lipinski definition) is 3. The van der Waals surface area contributed by atoms with E-state index in [9.17, 15) is 9.59 Å². The first-order chi connectivity index (χ1) is 12.0. The van der Waals surface area contributed by atoms with Crippen LogP contribution in [0.2, 0.25) is 0 Å². The van der Waals surface area contributed by atoms with Crippen LogP contribution in [0.3, 0.4) is 0 Å². The standard InChI is InChI=1S/C21H23NO3/c1-4-17-9-12-19(13-10-17)22-21(24)16(3)25-20(23)14-11-18-7-5-15(2)6-8-18/h5-14,16H,4H2,1-3H3,(H,22,24)/b14-11+/t16-/m1/s1. The highest BCUT2D eigenvalue weighted by atomic mass is 16.5. The second-order valence-electron chi connectivity index (χ2n) is 5.86. The van der Waals surface area contributed by atoms with E-state index in [-0.39, 0.29) is 5.91 Å². The highest BCUT2D eigenvalue weighted by Crippen LogP contribution is 2.11. The van der Waals surface area contributed by atoms with Gasteiger partial charge in [-0.3, -0.25) is 4.79 Å². The van der Waals surface area contributed by atoms with E-state index in [1.807, 2.05) is 55.5 Å². The lowest BCUT2D eigenvalue weighted by molar-refractivity contribution is -0.148. The first kappa shape index (κ1) is 18.5. The normalized spacial score (nSPS) is 12.0. The molecule has 1 atom stereocenters. The summed E-state index contributed by atoms with van der Waals surface area (Å²) in [5.74, 6) is -0.911. The number of rotatable bonds is 6. The van der Waals surface area contributed by atoms with E-state index in [0.717, 1.165) is 17.5 Å². The van der Waals surface area contributed by atoms with Gasteiger partial charge in [-0.15, -0.1) is 0 Å². The molecule has 1 amide bonds. The summed E-state index contributed by atoms with van der Waals surface area (Å²) >= 11 is 0. The topological polar surface area (TPSA) is 55.4 Å². The molecule has 0 aliphatic carbocycles. The quantitative estimate of drug-likeness (QED) is 0.636. The fourth-order valence-corrected chi connectivity index (χ4v) is 2.18. The van der Waals surface area contributed by atoms with Gasteiger partial charge in [-0.05, 0) is 49.6 Å². The van der Waals surface area contributed by atoms with E-state index in [4.69, 9.17) is 4.74 Å². The van der Waals surface area contributed by atoms with Crippen molar-refractivity contribution in [2.24, 2.45) is 0 Å². The van der Waals surface area contributed by atoms with Gasteiger partial charge in [0.15, 0.2) is 6.10 Å². The second kappa shape index (κ2) is 8.83. The van der Waals surface area contributed by atoms with E-state index in [0.29, 0.717) is 5.69 Å². The largest absolute Gasteiger partial charge is 0.449 e. The molecule has 0 saturated carbocycles. The molecule has 0 spiro atoms. The minimum atomic E-state index is -0.874. The molecular weight excluding hydrogens is 314 g/mol. The predicted molar refractivity (Wildman–Crippen MR) is 100 cm³/mol. The van der Waals surface area contributed by atoms with Crippen molar-refractivity contribution in [1.29, 1.82) is 0 Å². The fraction of sp³-hybridized carbons (Fsp3) is 0.238. The lowest BCUT2D eigenvalue weighted by Crippen LogP contribution is -2.29. The van der Waals surface area contributed by atoms with Crippen molar-refractivity contribution in [1.82, 2.24) is 0 Å². The molecule has 1 N–H and O–H groups in total. The smallest absolute Gasteiger partial charge is 0.331 e. The van der Waals surface area contributed by atoms with Gasteiger partial charge >= 0.3 is 5.97 Å². The van der Waals surface area contributed by atoms with Crippen molar-refractivity contribution in [3.05, 3.63) is 71.3 Å². The third-order valence-electron chi connectivity index (χ3n) is 3.78. The van der Waals surface area contributed by atoms with Crippen molar-refractivity contribution in [3.8, 4) is 0 Å². The number of ether oxygens (including phenoxy) is 1. The lowest BCUT2D eigenvalue weighted by atomic mass is 10.1. The van der Waals surface area contributed by atoms with Crippen molar-refractivity contribution in [2.45, 2.75) is 33.3 Å². The third-order valence-corrected chi connectivity index (χ3v) is 3.78. The Labute approximate surface area is 148 Å². The Morgan fingerprint density at radius 2 is 1.72 bits per heavy atom. The van der Waals surface area contributed by atoms with Gasteiger partial charge in [0.2, 0.25) is 0 Å². The monoisotopic (exact) mass is 337 g/mol. The molecule has 0 aliphatic rings. The van der Waals surface area contributed by atoms with Gasteiger partial charge in [-0.25, -0.2) is 4.79 Å². The van der Waals surface area contributed by atoms with Crippen molar-refractivity contribution in [2.75, 3.05) is 5.32 Å². The van der Waals surface area contributed by atoms with Gasteiger partial charge in [-0.2, -0.15) is 0 Å². The minimum absolute atomic E-state index is 0.360. The van der Waals surface area contributed by atoms with E-state index in [2.05, 4.69) is 12.2 Å². The number of esters is 1. The zero-order chi connectivity index (χ0) is 18.2. The summed E-state index contributed by atoms with van der Waals surface area (Å²) in [4.78, 5) is 23.9. The Kier molecular flexibility index (Phi) is 6.52. The van der Waals surface area contributed by atoms with Gasteiger partial charge in [0.1, 0.15) is 0 Å². The maximum absolute atomic E-state index is 12.1. The summed E-state index contributed by atoms with van der Waals surface area (Å²) in [6, 6.07) is 15.3. The van der Waals surface area contributed by atoms with E-state index >= 15 is 0 Å². The molecule has 25 heavy (non-hydrogen) atoms. The molecule has 2 aromatic rings. The molecule has 4 heteroatoms. The lowest BCUT2D eigenvalue weighted by Gasteiger charge is -2.12. The third kappa shape index (κ3) is 5.92. The number of nitrogens with one attached hydrogen (secondary N) is 1. The van der Waals surface area contributed by atoms with Crippen molar-refractivity contribution < 1.29 is 14.3 Å². The first-order valence-corrected chi connectivity index (χ1v) is 8.33. The zero-order valence-corrected chi connectivity index (χ0v) is 14.8. The molecule has 130 valence electrons. The molecule has 0 unspecified atom stereocenters. The van der Waals surface area contributed by atoms with Crippen LogP contribution in [0.4, 0.5) is 5.69 Å². The van der Waals surface area contributed by atoms with Crippen LogP contribution in [0.5, 0.6) is 0 Å². The van der Waals surface area contributed by atoms with Crippen LogP contribution in [0, 0.1) is 6.92 Å². The van der Waals surface area contributed by atoms with Gasteiger partial charge in [0, 0.05) is 11.8 Å². The van der Waals surface area contributed by atoms with Crippen LogP contribution in [0.1, 0.15) is 30.5 Å². The molecule has 0 aliphatic heterocycles. The highest BCUT2D eigenvalue weighted by Gasteiger charge is 2.16. The number of anilines is 1. The van der Waals surface area contributed by atoms with Crippen LogP contribution in [-0.4, -0.2) is 18.0 Å². The summed E-state index contributed by atoms with van der Waals surface area (Å²) in [5, 5.41) is 2.74. The molecular formula is C21H23NO3. The minimum Gasteiger partial charge on any atom is -0.449 e. The van der Waals surface area contributed by atoms with Crippen molar-refractivity contribution in [3.63, 3.8) is 0 Å². The van der Waals surface area contributed by atoms with Gasteiger partial charge in [0.25, 0.3) is 5.91 Å². The highest BCUT2D eigenvalue weighted by molar-refractivity contribution is 5.96. The molecule has 0 heterocycles. The van der Waals surface area contributed by atoms with Gasteiger partial charge < -0.3 is 10.1 Å². The SMILES string of the molecule is CCc1ccc(NC(=O)[C@@H](C)OC(=O)/C=C/c2ccc(C)cc2)cc1. The van der Waals surface area contributed by atoms with E-state index in [1.165, 1.54) is 11.6 Å². The van der Waals surface area contributed by atoms with E-state index in [1.54, 1.807) is 13.0 Å². The summed E-state index contributed by atoms with van der Waals surface area (Å²) in [7, 11) is 0. The summed E-state index contributed by atoms with van der Waals surface area (Å²) in [6.07, 6.45) is 3.05. The van der Waals surface area contributed by atoms with Crippen LogP contribution < -0.4 is 5.32 Å².